The molecule has 3 atom stereocenters. The molecule has 10 nitrogen and oxygen atoms in total. The molecule has 0 aliphatic carbocycles. The molecule has 4 N–H and O–H groups in total. The number of carbonyl (C=O) groups is 3. The van der Waals surface area contributed by atoms with Crippen molar-refractivity contribution >= 4 is 17.7 Å². The summed E-state index contributed by atoms with van der Waals surface area (Å²) in [6.07, 6.45) is -1.50. The van der Waals surface area contributed by atoms with Crippen molar-refractivity contribution in [3.63, 3.8) is 0 Å². The molecule has 36 heavy (non-hydrogen) atoms. The van der Waals surface area contributed by atoms with Gasteiger partial charge in [0, 0.05) is 6.54 Å². The molecule has 3 aromatic rings. The molecule has 2 aromatic carbocycles. The number of carbonyl (C=O) groups excluding carboxylic acids is 3. The maximum absolute atomic E-state index is 13.6. The van der Waals surface area contributed by atoms with E-state index in [1.165, 1.54) is 4.90 Å². The largest absolute Gasteiger partial charge is 0.381 e. The Morgan fingerprint density at radius 2 is 1.81 bits per heavy atom. The van der Waals surface area contributed by atoms with Crippen LogP contribution in [0.25, 0.3) is 0 Å². The molecule has 0 saturated carbocycles. The van der Waals surface area contributed by atoms with E-state index >= 15 is 0 Å². The summed E-state index contributed by atoms with van der Waals surface area (Å²) in [4.78, 5) is 40.8. The molecule has 0 bridgehead atoms. The number of aryl methyl sites for hydroxylation is 2. The molecule has 1 unspecified atom stereocenters. The highest BCUT2D eigenvalue weighted by Gasteiger charge is 2.42. The number of hydrogen-bond acceptors (Lipinski definition) is 7. The van der Waals surface area contributed by atoms with E-state index < -0.39 is 42.6 Å². The quantitative estimate of drug-likeness (QED) is 0.345. The lowest BCUT2D eigenvalue weighted by Crippen LogP contribution is -2.53. The second-order valence-electron chi connectivity index (χ2n) is 8.68. The third kappa shape index (κ3) is 5.00. The average Bonchev–Trinajstić information content (AvgIpc) is 3.43. The van der Waals surface area contributed by atoms with E-state index in [2.05, 4.69) is 15.8 Å². The number of hydrogen-bond donors (Lipinski definition) is 4. The van der Waals surface area contributed by atoms with Crippen molar-refractivity contribution in [2.75, 3.05) is 6.73 Å². The standard InChI is InChI=1S/C26H28N4O6/c1-15-21(16(2)36-29-15)24(33)28-20(12-17-8-4-3-5-9-17)23(32)26(35)30-13-18-10-6-7-11-19(18)22(30)25(34)27-14-31/h3-11,20,22-23,31-32H,12-14H2,1-2H3,(H,27,34)(H,28,33)/t20-,22?,23-/m0/s1. The fourth-order valence-corrected chi connectivity index (χ4v) is 4.55. The van der Waals surface area contributed by atoms with E-state index in [0.29, 0.717) is 17.0 Å². The summed E-state index contributed by atoms with van der Waals surface area (Å²) in [5.74, 6) is -1.50. The van der Waals surface area contributed by atoms with Crippen molar-refractivity contribution in [1.29, 1.82) is 0 Å². The van der Waals surface area contributed by atoms with Crippen LogP contribution in [0.4, 0.5) is 0 Å². The minimum absolute atomic E-state index is 0.103. The van der Waals surface area contributed by atoms with E-state index in [-0.39, 0.29) is 18.5 Å². The summed E-state index contributed by atoms with van der Waals surface area (Å²) in [6, 6.07) is 14.2. The minimum atomic E-state index is -1.66. The van der Waals surface area contributed by atoms with Gasteiger partial charge in [0.15, 0.2) is 6.10 Å². The first-order valence-corrected chi connectivity index (χ1v) is 11.5. The molecule has 0 radical (unpaired) electrons. The maximum atomic E-state index is 13.6. The third-order valence-electron chi connectivity index (χ3n) is 6.30. The van der Waals surface area contributed by atoms with E-state index in [0.717, 1.165) is 11.1 Å². The number of aromatic nitrogens is 1. The lowest BCUT2D eigenvalue weighted by atomic mass is 9.99. The SMILES string of the molecule is Cc1noc(C)c1C(=O)N[C@@H](Cc1ccccc1)[C@H](O)C(=O)N1Cc2ccccc2C1C(=O)NCO. The van der Waals surface area contributed by atoms with Crippen molar-refractivity contribution in [2.45, 2.75) is 45.0 Å². The number of nitrogens with zero attached hydrogens (tertiary/aromatic N) is 2. The van der Waals surface area contributed by atoms with Crippen molar-refractivity contribution < 1.29 is 29.1 Å². The Balaban J connectivity index is 1.63. The van der Waals surface area contributed by atoms with Crippen LogP contribution < -0.4 is 10.6 Å². The van der Waals surface area contributed by atoms with Crippen LogP contribution in [-0.2, 0) is 22.6 Å². The Kier molecular flexibility index (Phi) is 7.47. The van der Waals surface area contributed by atoms with Gasteiger partial charge in [0.05, 0.1) is 11.7 Å². The van der Waals surface area contributed by atoms with Gasteiger partial charge in [-0.25, -0.2) is 0 Å². The zero-order valence-corrected chi connectivity index (χ0v) is 20.0. The van der Waals surface area contributed by atoms with Crippen LogP contribution in [0.1, 0.15) is 44.5 Å². The third-order valence-corrected chi connectivity index (χ3v) is 6.30. The van der Waals surface area contributed by atoms with Crippen LogP contribution >= 0.6 is 0 Å². The molecule has 188 valence electrons. The molecular formula is C26H28N4O6. The molecule has 1 aromatic heterocycles. The summed E-state index contributed by atoms with van der Waals surface area (Å²) in [5, 5.41) is 29.4. The highest BCUT2D eigenvalue weighted by atomic mass is 16.5. The number of fused-ring (bicyclic) bond motifs is 1. The minimum Gasteiger partial charge on any atom is -0.381 e. The molecule has 4 rings (SSSR count). The van der Waals surface area contributed by atoms with Gasteiger partial charge in [0.2, 0.25) is 5.91 Å². The summed E-state index contributed by atoms with van der Waals surface area (Å²) >= 11 is 0. The summed E-state index contributed by atoms with van der Waals surface area (Å²) in [6.45, 7) is 2.75. The molecular weight excluding hydrogens is 464 g/mol. The fraction of sp³-hybridized carbons (Fsp3) is 0.308. The molecule has 0 saturated heterocycles. The second kappa shape index (κ2) is 10.7. The molecule has 2 heterocycles. The predicted octanol–water partition coefficient (Wildman–Crippen LogP) is 1.14. The lowest BCUT2D eigenvalue weighted by molar-refractivity contribution is -0.148. The normalized spacial score (nSPS) is 16.2. The molecule has 1 aliphatic rings. The van der Waals surface area contributed by atoms with Crippen LogP contribution in [0, 0.1) is 13.8 Å². The van der Waals surface area contributed by atoms with Crippen LogP contribution in [0.2, 0.25) is 0 Å². The number of rotatable bonds is 8. The highest BCUT2D eigenvalue weighted by Crippen LogP contribution is 2.34. The van der Waals surface area contributed by atoms with Crippen molar-refractivity contribution in [3.8, 4) is 0 Å². The van der Waals surface area contributed by atoms with Gasteiger partial charge >= 0.3 is 0 Å². The van der Waals surface area contributed by atoms with Crippen LogP contribution in [-0.4, -0.2) is 56.9 Å². The Morgan fingerprint density at radius 3 is 2.47 bits per heavy atom. The van der Waals surface area contributed by atoms with E-state index in [4.69, 9.17) is 4.52 Å². The van der Waals surface area contributed by atoms with Gasteiger partial charge in [-0.05, 0) is 37.0 Å². The Morgan fingerprint density at radius 1 is 1.11 bits per heavy atom. The van der Waals surface area contributed by atoms with Gasteiger partial charge < -0.3 is 30.3 Å². The Bertz CT molecular complexity index is 1240. The van der Waals surface area contributed by atoms with E-state index in [1.54, 1.807) is 38.1 Å². The van der Waals surface area contributed by atoms with E-state index in [1.807, 2.05) is 30.3 Å². The van der Waals surface area contributed by atoms with Crippen LogP contribution in [0.3, 0.4) is 0 Å². The number of aliphatic hydroxyl groups excluding tert-OH is 2. The number of amides is 3. The highest BCUT2D eigenvalue weighted by molar-refractivity contribution is 5.97. The Labute approximate surface area is 207 Å². The lowest BCUT2D eigenvalue weighted by Gasteiger charge is -2.30. The van der Waals surface area contributed by atoms with Crippen LogP contribution in [0.15, 0.2) is 59.1 Å². The van der Waals surface area contributed by atoms with Gasteiger partial charge in [-0.1, -0.05) is 59.8 Å². The number of nitrogens with one attached hydrogen (secondary N) is 2. The van der Waals surface area contributed by atoms with Gasteiger partial charge in [-0.3, -0.25) is 14.4 Å². The maximum Gasteiger partial charge on any atom is 0.257 e. The van der Waals surface area contributed by atoms with Gasteiger partial charge in [-0.15, -0.1) is 0 Å². The molecule has 10 heteroatoms. The Hall–Kier alpha value is -4.02. The fourth-order valence-electron chi connectivity index (χ4n) is 4.55. The summed E-state index contributed by atoms with van der Waals surface area (Å²) in [5.41, 5.74) is 2.80. The molecule has 0 fully saturated rings. The van der Waals surface area contributed by atoms with Crippen molar-refractivity contribution in [3.05, 3.63) is 88.3 Å². The number of benzene rings is 2. The van der Waals surface area contributed by atoms with Gasteiger partial charge in [0.25, 0.3) is 11.8 Å². The molecule has 0 spiro atoms. The molecule has 3 amide bonds. The average molecular weight is 493 g/mol. The zero-order valence-electron chi connectivity index (χ0n) is 20.0. The topological polar surface area (TPSA) is 145 Å². The first-order chi connectivity index (χ1) is 17.3. The number of aliphatic hydroxyl groups is 2. The second-order valence-corrected chi connectivity index (χ2v) is 8.68. The van der Waals surface area contributed by atoms with Crippen molar-refractivity contribution in [1.82, 2.24) is 20.7 Å². The smallest absolute Gasteiger partial charge is 0.257 e. The van der Waals surface area contributed by atoms with Crippen LogP contribution in [0.5, 0.6) is 0 Å². The van der Waals surface area contributed by atoms with Gasteiger partial charge in [-0.2, -0.15) is 0 Å². The first kappa shape index (κ1) is 25.1. The predicted molar refractivity (Wildman–Crippen MR) is 128 cm³/mol. The summed E-state index contributed by atoms with van der Waals surface area (Å²) < 4.78 is 5.09. The monoisotopic (exact) mass is 492 g/mol. The zero-order chi connectivity index (χ0) is 25.8. The van der Waals surface area contributed by atoms with E-state index in [9.17, 15) is 24.6 Å². The molecule has 1 aliphatic heterocycles. The first-order valence-electron chi connectivity index (χ1n) is 11.5. The van der Waals surface area contributed by atoms with Gasteiger partial charge in [0.1, 0.15) is 24.1 Å². The van der Waals surface area contributed by atoms with Crippen molar-refractivity contribution in [2.24, 2.45) is 0 Å². The summed E-state index contributed by atoms with van der Waals surface area (Å²) in [7, 11) is 0.